The Morgan fingerprint density at radius 1 is 0.875 bits per heavy atom. The van der Waals surface area contributed by atoms with Crippen molar-refractivity contribution in [2.45, 2.75) is 78.4 Å². The number of hydrogen-bond donors (Lipinski definition) is 1. The van der Waals surface area contributed by atoms with Crippen molar-refractivity contribution in [3.63, 3.8) is 0 Å². The summed E-state index contributed by atoms with van der Waals surface area (Å²) in [5.74, 6) is -0.810. The summed E-state index contributed by atoms with van der Waals surface area (Å²) in [5.41, 5.74) is -0.0638. The molecule has 0 aliphatic carbocycles. The van der Waals surface area contributed by atoms with Crippen molar-refractivity contribution in [1.29, 1.82) is 0 Å². The van der Waals surface area contributed by atoms with E-state index in [1.165, 1.54) is 0 Å². The van der Waals surface area contributed by atoms with Gasteiger partial charge >= 0.3 is 23.6 Å². The molecule has 1 heterocycles. The van der Waals surface area contributed by atoms with E-state index in [-0.39, 0.29) is 18.0 Å². The fourth-order valence-electron chi connectivity index (χ4n) is 4.27. The van der Waals surface area contributed by atoms with Gasteiger partial charge in [0.2, 0.25) is 0 Å². The van der Waals surface area contributed by atoms with Crippen LogP contribution in [0.25, 0.3) is 0 Å². The molecule has 32 heavy (non-hydrogen) atoms. The van der Waals surface area contributed by atoms with E-state index in [0.29, 0.717) is 46.1 Å². The highest BCUT2D eigenvalue weighted by atomic mass is 28.4. The summed E-state index contributed by atoms with van der Waals surface area (Å²) in [5, 5.41) is 9.31. The van der Waals surface area contributed by atoms with E-state index in [0.717, 1.165) is 25.6 Å². The minimum Gasteiger partial charge on any atom is -0.481 e. The lowest BCUT2D eigenvalue weighted by Gasteiger charge is -2.35. The van der Waals surface area contributed by atoms with Crippen LogP contribution in [0.2, 0.25) is 11.6 Å². The number of aliphatic carboxylic acids is 1. The number of carboxylic acid groups (broad SMARTS) is 1. The van der Waals surface area contributed by atoms with Gasteiger partial charge in [0.25, 0.3) is 0 Å². The van der Waals surface area contributed by atoms with Gasteiger partial charge in [-0.05, 0) is 60.9 Å². The predicted octanol–water partition coefficient (Wildman–Crippen LogP) is 3.39. The molecule has 1 rings (SSSR count). The molecule has 3 unspecified atom stereocenters. The van der Waals surface area contributed by atoms with Gasteiger partial charge in [-0.1, -0.05) is 0 Å². The van der Waals surface area contributed by atoms with Gasteiger partial charge in [0, 0.05) is 70.2 Å². The SMILES string of the molecule is CCO[Si](CCCN1CC1C(CCC(=O)O)[Si](OCC)(OCC)OCC)(OCC)OCC. The normalized spacial score (nSPS) is 19.8. The Morgan fingerprint density at radius 3 is 1.75 bits per heavy atom. The summed E-state index contributed by atoms with van der Waals surface area (Å²) < 4.78 is 36.3. The summed E-state index contributed by atoms with van der Waals surface area (Å²) in [7, 11) is -5.68. The molecular formula is C21H45NO8Si2. The molecule has 0 aromatic heterocycles. The largest absolute Gasteiger partial charge is 0.505 e. The van der Waals surface area contributed by atoms with Crippen LogP contribution in [-0.2, 0) is 31.4 Å². The fourth-order valence-corrected chi connectivity index (χ4v) is 10.2. The van der Waals surface area contributed by atoms with Crippen LogP contribution < -0.4 is 0 Å². The monoisotopic (exact) mass is 495 g/mol. The third-order valence-corrected chi connectivity index (χ3v) is 12.2. The summed E-state index contributed by atoms with van der Waals surface area (Å²) in [6.45, 7) is 16.6. The van der Waals surface area contributed by atoms with Gasteiger partial charge in [0.05, 0.1) is 0 Å². The number of carbonyl (C=O) groups is 1. The van der Waals surface area contributed by atoms with Crippen LogP contribution in [-0.4, -0.2) is 92.4 Å². The third-order valence-electron chi connectivity index (χ3n) is 5.40. The average Bonchev–Trinajstić information content (AvgIpc) is 3.48. The second-order valence-corrected chi connectivity index (χ2v) is 13.1. The van der Waals surface area contributed by atoms with Crippen LogP contribution in [0.4, 0.5) is 0 Å². The third kappa shape index (κ3) is 9.11. The standard InChI is InChI=1S/C21H45NO8Si2/c1-7-25-31(26-8-2,27-9-3)17-13-16-22-18-19(22)20(14-15-21(23)24)32(28-10-4,29-11-5)30-12-6/h19-20H,7-18H2,1-6H3,(H,23,24). The highest BCUT2D eigenvalue weighted by molar-refractivity contribution is 6.62. The topological polar surface area (TPSA) is 95.7 Å². The zero-order valence-corrected chi connectivity index (χ0v) is 22.9. The van der Waals surface area contributed by atoms with Gasteiger partial charge in [-0.2, -0.15) is 0 Å². The molecule has 1 fully saturated rings. The molecule has 1 aliphatic heterocycles. The summed E-state index contributed by atoms with van der Waals surface area (Å²) in [4.78, 5) is 13.7. The highest BCUT2D eigenvalue weighted by Gasteiger charge is 2.58. The molecule has 0 saturated carbocycles. The molecule has 0 aromatic rings. The summed E-state index contributed by atoms with van der Waals surface area (Å²) >= 11 is 0. The maximum atomic E-state index is 11.3. The predicted molar refractivity (Wildman–Crippen MR) is 127 cm³/mol. The Labute approximate surface area is 196 Å². The van der Waals surface area contributed by atoms with Crippen molar-refractivity contribution < 1.29 is 36.5 Å². The van der Waals surface area contributed by atoms with Crippen molar-refractivity contribution >= 4 is 23.6 Å². The lowest BCUT2D eigenvalue weighted by Crippen LogP contribution is -2.52. The first-order chi connectivity index (χ1) is 15.4. The van der Waals surface area contributed by atoms with E-state index in [4.69, 9.17) is 26.6 Å². The first-order valence-electron chi connectivity index (χ1n) is 12.2. The molecule has 1 aliphatic rings. The van der Waals surface area contributed by atoms with Crippen molar-refractivity contribution in [2.24, 2.45) is 0 Å². The van der Waals surface area contributed by atoms with Crippen LogP contribution in [0, 0.1) is 0 Å². The van der Waals surface area contributed by atoms with Gasteiger partial charge < -0.3 is 31.7 Å². The second kappa shape index (κ2) is 15.5. The minimum absolute atomic E-state index is 0.0638. The number of nitrogens with zero attached hydrogens (tertiary/aromatic N) is 1. The molecule has 9 nitrogen and oxygen atoms in total. The van der Waals surface area contributed by atoms with Gasteiger partial charge in [-0.3, -0.25) is 9.69 Å². The maximum absolute atomic E-state index is 11.3. The van der Waals surface area contributed by atoms with Crippen LogP contribution in [0.5, 0.6) is 0 Å². The lowest BCUT2D eigenvalue weighted by molar-refractivity contribution is -0.137. The van der Waals surface area contributed by atoms with E-state index < -0.39 is 23.6 Å². The number of carboxylic acids is 1. The van der Waals surface area contributed by atoms with Crippen LogP contribution >= 0.6 is 0 Å². The Hall–Kier alpha value is -0.376. The van der Waals surface area contributed by atoms with Gasteiger partial charge in [0.1, 0.15) is 0 Å². The van der Waals surface area contributed by atoms with Gasteiger partial charge in [-0.25, -0.2) is 0 Å². The fraction of sp³-hybridized carbons (Fsp3) is 0.952. The zero-order valence-electron chi connectivity index (χ0n) is 20.9. The minimum atomic E-state index is -3.02. The van der Waals surface area contributed by atoms with Crippen molar-refractivity contribution in [3.05, 3.63) is 0 Å². The Morgan fingerprint density at radius 2 is 1.34 bits per heavy atom. The van der Waals surface area contributed by atoms with E-state index >= 15 is 0 Å². The van der Waals surface area contributed by atoms with Crippen LogP contribution in [0.1, 0.15) is 60.8 Å². The second-order valence-electron chi connectivity index (χ2n) is 7.59. The lowest BCUT2D eigenvalue weighted by atomic mass is 10.2. The van der Waals surface area contributed by atoms with E-state index in [9.17, 15) is 9.90 Å². The molecule has 1 saturated heterocycles. The smallest absolute Gasteiger partial charge is 0.481 e. The molecular weight excluding hydrogens is 450 g/mol. The number of hydrogen-bond acceptors (Lipinski definition) is 8. The van der Waals surface area contributed by atoms with Gasteiger partial charge in [-0.15, -0.1) is 0 Å². The zero-order chi connectivity index (χ0) is 24.0. The Balaban J connectivity index is 2.86. The Kier molecular flexibility index (Phi) is 14.4. The van der Waals surface area contributed by atoms with Crippen molar-refractivity contribution in [2.75, 3.05) is 52.7 Å². The molecule has 190 valence electrons. The first-order valence-corrected chi connectivity index (χ1v) is 15.9. The van der Waals surface area contributed by atoms with Crippen molar-refractivity contribution in [1.82, 2.24) is 4.90 Å². The summed E-state index contributed by atoms with van der Waals surface area (Å²) in [6.07, 6.45) is 1.45. The van der Waals surface area contributed by atoms with E-state index in [1.54, 1.807) is 0 Å². The molecule has 1 N–H and O–H groups in total. The summed E-state index contributed by atoms with van der Waals surface area (Å²) in [6, 6.07) is 0.962. The molecule has 0 radical (unpaired) electrons. The highest BCUT2D eigenvalue weighted by Crippen LogP contribution is 2.42. The molecule has 0 aromatic carbocycles. The van der Waals surface area contributed by atoms with Crippen LogP contribution in [0.15, 0.2) is 0 Å². The molecule has 3 atom stereocenters. The maximum Gasteiger partial charge on any atom is 0.505 e. The molecule has 0 amide bonds. The number of rotatable bonds is 21. The molecule has 11 heteroatoms. The Bertz CT molecular complexity index is 494. The van der Waals surface area contributed by atoms with E-state index in [2.05, 4.69) is 4.90 Å². The van der Waals surface area contributed by atoms with Gasteiger partial charge in [0.15, 0.2) is 0 Å². The van der Waals surface area contributed by atoms with Crippen molar-refractivity contribution in [3.8, 4) is 0 Å². The average molecular weight is 496 g/mol. The van der Waals surface area contributed by atoms with Crippen LogP contribution in [0.3, 0.4) is 0 Å². The molecule has 0 spiro atoms. The quantitative estimate of drug-likeness (QED) is 0.190. The molecule has 0 bridgehead atoms. The van der Waals surface area contributed by atoms with E-state index in [1.807, 2.05) is 41.5 Å². The first kappa shape index (κ1) is 29.7.